The van der Waals surface area contributed by atoms with E-state index in [9.17, 15) is 15.0 Å². The molecular formula is C15H16N2O3. The molecule has 0 spiro atoms. The van der Waals surface area contributed by atoms with E-state index in [1.54, 1.807) is 30.3 Å². The lowest BCUT2D eigenvalue weighted by Gasteiger charge is -2.08. The standard InChI is InChI=1S/C15H16N2O3/c16-12-5-6-14(19)11(7-12)9-17-15(20)8-10-3-1-2-4-13(10)18/h1-7,18-19H,8-9,16H2,(H,17,20). The maximum absolute atomic E-state index is 11.8. The van der Waals surface area contributed by atoms with Gasteiger partial charge in [-0.25, -0.2) is 0 Å². The summed E-state index contributed by atoms with van der Waals surface area (Å²) in [5.41, 5.74) is 7.25. The van der Waals surface area contributed by atoms with Crippen molar-refractivity contribution in [2.75, 3.05) is 5.73 Å². The number of para-hydroxylation sites is 1. The molecule has 0 unspecified atom stereocenters. The van der Waals surface area contributed by atoms with Crippen LogP contribution < -0.4 is 11.1 Å². The van der Waals surface area contributed by atoms with Gasteiger partial charge in [-0.15, -0.1) is 0 Å². The van der Waals surface area contributed by atoms with Crippen molar-refractivity contribution in [1.29, 1.82) is 0 Å². The Labute approximate surface area is 116 Å². The fourth-order valence-electron chi connectivity index (χ4n) is 1.84. The third-order valence-electron chi connectivity index (χ3n) is 2.92. The van der Waals surface area contributed by atoms with Gasteiger partial charge in [-0.3, -0.25) is 4.79 Å². The summed E-state index contributed by atoms with van der Waals surface area (Å²) < 4.78 is 0. The van der Waals surface area contributed by atoms with Crippen LogP contribution in [0.1, 0.15) is 11.1 Å². The van der Waals surface area contributed by atoms with Crippen LogP contribution in [0.2, 0.25) is 0 Å². The Kier molecular flexibility index (Phi) is 4.10. The van der Waals surface area contributed by atoms with Gasteiger partial charge in [-0.2, -0.15) is 0 Å². The van der Waals surface area contributed by atoms with Crippen molar-refractivity contribution in [3.05, 3.63) is 53.6 Å². The van der Waals surface area contributed by atoms with E-state index < -0.39 is 0 Å². The number of nitrogen functional groups attached to an aromatic ring is 1. The SMILES string of the molecule is Nc1ccc(O)c(CNC(=O)Cc2ccccc2O)c1. The Balaban J connectivity index is 1.96. The minimum Gasteiger partial charge on any atom is -0.508 e. The Bertz CT molecular complexity index is 626. The number of benzene rings is 2. The number of hydrogen-bond donors (Lipinski definition) is 4. The van der Waals surface area contributed by atoms with E-state index in [2.05, 4.69) is 5.32 Å². The summed E-state index contributed by atoms with van der Waals surface area (Å²) in [4.78, 5) is 11.8. The van der Waals surface area contributed by atoms with Crippen molar-refractivity contribution < 1.29 is 15.0 Å². The molecule has 1 amide bonds. The first kappa shape index (κ1) is 13.7. The molecule has 20 heavy (non-hydrogen) atoms. The van der Waals surface area contributed by atoms with E-state index in [4.69, 9.17) is 5.73 Å². The number of carbonyl (C=O) groups excluding carboxylic acids is 1. The summed E-state index contributed by atoms with van der Waals surface area (Å²) in [6.45, 7) is 0.184. The number of anilines is 1. The average molecular weight is 272 g/mol. The second-order valence-corrected chi connectivity index (χ2v) is 4.47. The zero-order valence-electron chi connectivity index (χ0n) is 10.8. The van der Waals surface area contributed by atoms with E-state index in [-0.39, 0.29) is 30.4 Å². The molecule has 5 nitrogen and oxygen atoms in total. The van der Waals surface area contributed by atoms with E-state index in [0.717, 1.165) is 0 Å². The molecule has 0 aliphatic carbocycles. The molecule has 0 saturated carbocycles. The normalized spacial score (nSPS) is 10.2. The van der Waals surface area contributed by atoms with Crippen LogP contribution in [0.15, 0.2) is 42.5 Å². The first-order chi connectivity index (χ1) is 9.56. The van der Waals surface area contributed by atoms with Gasteiger partial charge < -0.3 is 21.3 Å². The molecule has 0 aromatic heterocycles. The molecule has 2 aromatic carbocycles. The third-order valence-corrected chi connectivity index (χ3v) is 2.92. The highest BCUT2D eigenvalue weighted by Crippen LogP contribution is 2.20. The summed E-state index contributed by atoms with van der Waals surface area (Å²) in [6, 6.07) is 11.4. The van der Waals surface area contributed by atoms with E-state index in [1.807, 2.05) is 0 Å². The molecule has 2 aromatic rings. The fourth-order valence-corrected chi connectivity index (χ4v) is 1.84. The van der Waals surface area contributed by atoms with Gasteiger partial charge in [0.1, 0.15) is 11.5 Å². The zero-order valence-corrected chi connectivity index (χ0v) is 10.8. The van der Waals surface area contributed by atoms with Crippen LogP contribution in [0.5, 0.6) is 11.5 Å². The van der Waals surface area contributed by atoms with Crippen molar-refractivity contribution in [1.82, 2.24) is 5.32 Å². The van der Waals surface area contributed by atoms with Crippen LogP contribution in [0.25, 0.3) is 0 Å². The van der Waals surface area contributed by atoms with Gasteiger partial charge >= 0.3 is 0 Å². The summed E-state index contributed by atoms with van der Waals surface area (Å²) in [7, 11) is 0. The molecule has 0 bridgehead atoms. The van der Waals surface area contributed by atoms with Crippen LogP contribution >= 0.6 is 0 Å². The lowest BCUT2D eigenvalue weighted by molar-refractivity contribution is -0.120. The molecule has 5 heteroatoms. The number of carbonyl (C=O) groups is 1. The van der Waals surface area contributed by atoms with Gasteiger partial charge in [0.05, 0.1) is 6.42 Å². The highest BCUT2D eigenvalue weighted by Gasteiger charge is 2.08. The summed E-state index contributed by atoms with van der Waals surface area (Å²) in [5.74, 6) is -0.0650. The maximum Gasteiger partial charge on any atom is 0.224 e. The number of nitrogens with two attached hydrogens (primary N) is 1. The molecular weight excluding hydrogens is 256 g/mol. The minimum absolute atomic E-state index is 0.0791. The van der Waals surface area contributed by atoms with E-state index in [1.165, 1.54) is 12.1 Å². The molecule has 0 saturated heterocycles. The maximum atomic E-state index is 11.8. The Morgan fingerprint density at radius 1 is 1.05 bits per heavy atom. The Morgan fingerprint density at radius 3 is 2.50 bits per heavy atom. The lowest BCUT2D eigenvalue weighted by Crippen LogP contribution is -2.24. The predicted octanol–water partition coefficient (Wildman–Crippen LogP) is 1.54. The Morgan fingerprint density at radius 2 is 1.75 bits per heavy atom. The lowest BCUT2D eigenvalue weighted by atomic mass is 10.1. The number of rotatable bonds is 4. The number of phenolic OH excluding ortho intramolecular Hbond substituents is 2. The average Bonchev–Trinajstić information content (AvgIpc) is 2.42. The number of hydrogen-bond acceptors (Lipinski definition) is 4. The molecule has 5 N–H and O–H groups in total. The minimum atomic E-state index is -0.242. The summed E-state index contributed by atoms with van der Waals surface area (Å²) in [6.07, 6.45) is 0.0791. The number of nitrogens with one attached hydrogen (secondary N) is 1. The molecule has 0 radical (unpaired) electrons. The number of aromatic hydroxyl groups is 2. The van der Waals surface area contributed by atoms with Crippen LogP contribution in [-0.4, -0.2) is 16.1 Å². The molecule has 0 atom stereocenters. The van der Waals surface area contributed by atoms with Crippen LogP contribution in [0, 0.1) is 0 Å². The van der Waals surface area contributed by atoms with E-state index >= 15 is 0 Å². The van der Waals surface area contributed by atoms with Gasteiger partial charge in [0.25, 0.3) is 0 Å². The molecule has 104 valence electrons. The number of phenols is 2. The smallest absolute Gasteiger partial charge is 0.224 e. The topological polar surface area (TPSA) is 95.6 Å². The van der Waals surface area contributed by atoms with Crippen molar-refractivity contribution in [3.63, 3.8) is 0 Å². The van der Waals surface area contributed by atoms with Gasteiger partial charge in [0.2, 0.25) is 5.91 Å². The predicted molar refractivity (Wildman–Crippen MR) is 76.2 cm³/mol. The van der Waals surface area contributed by atoms with E-state index in [0.29, 0.717) is 16.8 Å². The van der Waals surface area contributed by atoms with Gasteiger partial charge in [0, 0.05) is 23.4 Å². The molecule has 2 rings (SSSR count). The fraction of sp³-hybridized carbons (Fsp3) is 0.133. The largest absolute Gasteiger partial charge is 0.508 e. The molecule has 0 aliphatic heterocycles. The Hall–Kier alpha value is -2.69. The van der Waals surface area contributed by atoms with Crippen molar-refractivity contribution in [2.24, 2.45) is 0 Å². The van der Waals surface area contributed by atoms with Gasteiger partial charge in [0.15, 0.2) is 0 Å². The van der Waals surface area contributed by atoms with Crippen LogP contribution in [0.4, 0.5) is 5.69 Å². The molecule has 0 fully saturated rings. The van der Waals surface area contributed by atoms with Crippen molar-refractivity contribution >= 4 is 11.6 Å². The molecule has 0 heterocycles. The zero-order chi connectivity index (χ0) is 14.5. The monoisotopic (exact) mass is 272 g/mol. The second kappa shape index (κ2) is 5.97. The second-order valence-electron chi connectivity index (χ2n) is 4.47. The van der Waals surface area contributed by atoms with Crippen molar-refractivity contribution in [2.45, 2.75) is 13.0 Å². The van der Waals surface area contributed by atoms with Crippen LogP contribution in [-0.2, 0) is 17.8 Å². The van der Waals surface area contributed by atoms with Gasteiger partial charge in [-0.05, 0) is 24.3 Å². The van der Waals surface area contributed by atoms with Crippen LogP contribution in [0.3, 0.4) is 0 Å². The van der Waals surface area contributed by atoms with Gasteiger partial charge in [-0.1, -0.05) is 18.2 Å². The first-order valence-corrected chi connectivity index (χ1v) is 6.17. The summed E-state index contributed by atoms with van der Waals surface area (Å²) >= 11 is 0. The highest BCUT2D eigenvalue weighted by atomic mass is 16.3. The summed E-state index contributed by atoms with van der Waals surface area (Å²) in [5, 5.41) is 21.9. The highest BCUT2D eigenvalue weighted by molar-refractivity contribution is 5.79. The van der Waals surface area contributed by atoms with Crippen molar-refractivity contribution in [3.8, 4) is 11.5 Å². The number of amides is 1. The third kappa shape index (κ3) is 3.41. The quantitative estimate of drug-likeness (QED) is 0.501. The first-order valence-electron chi connectivity index (χ1n) is 6.17. The molecule has 0 aliphatic rings.